The van der Waals surface area contributed by atoms with E-state index in [4.69, 9.17) is 0 Å². The van der Waals surface area contributed by atoms with Gasteiger partial charge in [0.1, 0.15) is 6.33 Å². The van der Waals surface area contributed by atoms with E-state index in [0.717, 1.165) is 12.1 Å². The van der Waals surface area contributed by atoms with Gasteiger partial charge in [0.15, 0.2) is 11.6 Å². The second kappa shape index (κ2) is 5.69. The van der Waals surface area contributed by atoms with E-state index in [2.05, 4.69) is 26.0 Å². The summed E-state index contributed by atoms with van der Waals surface area (Å²) in [7, 11) is 0. The number of hydrogen-bond donors (Lipinski definition) is 0. The highest BCUT2D eigenvalue weighted by molar-refractivity contribution is 9.10. The van der Waals surface area contributed by atoms with Crippen molar-refractivity contribution in [2.24, 2.45) is 0 Å². The molecule has 1 aromatic carbocycles. The van der Waals surface area contributed by atoms with Crippen LogP contribution < -0.4 is 0 Å². The van der Waals surface area contributed by atoms with Crippen molar-refractivity contribution < 1.29 is 8.78 Å². The molecule has 0 atom stereocenters. The fraction of sp³-hybridized carbons (Fsp3) is 0.200. The molecule has 6 heteroatoms. The van der Waals surface area contributed by atoms with Crippen LogP contribution in [0.2, 0.25) is 0 Å². The molecule has 0 fully saturated rings. The SMILES string of the molecule is CC.Fc1ccc(-n2cnc(Br)n2)cc1F. The van der Waals surface area contributed by atoms with Crippen LogP contribution in [0.3, 0.4) is 0 Å². The van der Waals surface area contributed by atoms with E-state index in [-0.39, 0.29) is 0 Å². The Morgan fingerprint density at radius 2 is 1.88 bits per heavy atom. The molecule has 0 aliphatic rings. The Hall–Kier alpha value is -1.30. The van der Waals surface area contributed by atoms with Crippen molar-refractivity contribution in [3.05, 3.63) is 40.9 Å². The van der Waals surface area contributed by atoms with Gasteiger partial charge in [-0.3, -0.25) is 0 Å². The van der Waals surface area contributed by atoms with Crippen LogP contribution in [0.4, 0.5) is 8.78 Å². The summed E-state index contributed by atoms with van der Waals surface area (Å²) >= 11 is 3.05. The predicted molar refractivity (Wildman–Crippen MR) is 60.3 cm³/mol. The van der Waals surface area contributed by atoms with Gasteiger partial charge in [0.05, 0.1) is 5.69 Å². The maximum absolute atomic E-state index is 12.8. The highest BCUT2D eigenvalue weighted by Gasteiger charge is 2.05. The first-order valence-corrected chi connectivity index (χ1v) is 5.49. The molecule has 3 nitrogen and oxygen atoms in total. The lowest BCUT2D eigenvalue weighted by Gasteiger charge is -1.99. The Labute approximate surface area is 100 Å². The molecule has 0 bridgehead atoms. The third kappa shape index (κ3) is 2.85. The van der Waals surface area contributed by atoms with Gasteiger partial charge >= 0.3 is 0 Å². The molecule has 16 heavy (non-hydrogen) atoms. The molecule has 0 aliphatic heterocycles. The van der Waals surface area contributed by atoms with Gasteiger partial charge in [0.25, 0.3) is 0 Å². The molecular weight excluding hydrogens is 280 g/mol. The Morgan fingerprint density at radius 3 is 2.38 bits per heavy atom. The van der Waals surface area contributed by atoms with Crippen LogP contribution in [0.25, 0.3) is 5.69 Å². The maximum Gasteiger partial charge on any atom is 0.217 e. The van der Waals surface area contributed by atoms with Crippen LogP contribution in [0.1, 0.15) is 13.8 Å². The normalized spacial score (nSPS) is 9.56. The zero-order valence-corrected chi connectivity index (χ0v) is 10.4. The lowest BCUT2D eigenvalue weighted by atomic mass is 10.3. The van der Waals surface area contributed by atoms with Gasteiger partial charge in [-0.25, -0.2) is 18.4 Å². The van der Waals surface area contributed by atoms with E-state index in [1.807, 2.05) is 13.8 Å². The first-order valence-electron chi connectivity index (χ1n) is 4.69. The van der Waals surface area contributed by atoms with E-state index >= 15 is 0 Å². The third-order valence-electron chi connectivity index (χ3n) is 1.63. The number of nitrogens with zero attached hydrogens (tertiary/aromatic N) is 3. The van der Waals surface area contributed by atoms with Crippen LogP contribution in [0.15, 0.2) is 29.3 Å². The zero-order valence-electron chi connectivity index (χ0n) is 8.78. The molecular formula is C10H10BrF2N3. The number of benzene rings is 1. The van der Waals surface area contributed by atoms with E-state index in [9.17, 15) is 8.78 Å². The summed E-state index contributed by atoms with van der Waals surface area (Å²) in [5, 5.41) is 3.88. The number of rotatable bonds is 1. The second-order valence-electron chi connectivity index (χ2n) is 2.56. The zero-order chi connectivity index (χ0) is 12.1. The van der Waals surface area contributed by atoms with Crippen LogP contribution in [0.5, 0.6) is 0 Å². The topological polar surface area (TPSA) is 30.7 Å². The van der Waals surface area contributed by atoms with Crippen LogP contribution in [-0.4, -0.2) is 14.8 Å². The summed E-state index contributed by atoms with van der Waals surface area (Å²) in [5.74, 6) is -1.79. The minimum absolute atomic E-state index is 0.391. The fourth-order valence-electron chi connectivity index (χ4n) is 0.995. The Balaban J connectivity index is 0.000000606. The lowest BCUT2D eigenvalue weighted by Crippen LogP contribution is -1.96. The second-order valence-corrected chi connectivity index (χ2v) is 3.27. The van der Waals surface area contributed by atoms with E-state index < -0.39 is 11.6 Å². The molecule has 2 aromatic rings. The molecule has 0 aliphatic carbocycles. The molecule has 1 aromatic heterocycles. The number of halogens is 3. The molecule has 2 rings (SSSR count). The summed E-state index contributed by atoms with van der Waals surface area (Å²) in [6.45, 7) is 4.00. The maximum atomic E-state index is 12.8. The summed E-state index contributed by atoms with van der Waals surface area (Å²) in [4.78, 5) is 3.80. The molecule has 0 amide bonds. The fourth-order valence-corrected chi connectivity index (χ4v) is 1.26. The summed E-state index contributed by atoms with van der Waals surface area (Å²) in [6.07, 6.45) is 1.40. The van der Waals surface area contributed by atoms with E-state index in [0.29, 0.717) is 10.4 Å². The van der Waals surface area contributed by atoms with Crippen LogP contribution in [-0.2, 0) is 0 Å². The number of aromatic nitrogens is 3. The van der Waals surface area contributed by atoms with Crippen molar-refractivity contribution >= 4 is 15.9 Å². The van der Waals surface area contributed by atoms with Crippen molar-refractivity contribution in [2.45, 2.75) is 13.8 Å². The van der Waals surface area contributed by atoms with Crippen molar-refractivity contribution in [2.75, 3.05) is 0 Å². The summed E-state index contributed by atoms with van der Waals surface area (Å²) in [5.41, 5.74) is 0.419. The minimum Gasteiger partial charge on any atom is -0.220 e. The third-order valence-corrected chi connectivity index (χ3v) is 1.99. The lowest BCUT2D eigenvalue weighted by molar-refractivity contribution is 0.507. The quantitative estimate of drug-likeness (QED) is 0.806. The Bertz CT molecular complexity index is 471. The van der Waals surface area contributed by atoms with E-state index in [1.165, 1.54) is 17.1 Å². The molecule has 0 N–H and O–H groups in total. The predicted octanol–water partition coefficient (Wildman–Crippen LogP) is 3.33. The first kappa shape index (κ1) is 12.8. The van der Waals surface area contributed by atoms with Gasteiger partial charge in [0, 0.05) is 6.07 Å². The molecule has 0 spiro atoms. The molecule has 86 valence electrons. The molecule has 0 radical (unpaired) electrons. The molecule has 0 saturated heterocycles. The van der Waals surface area contributed by atoms with Crippen molar-refractivity contribution in [3.8, 4) is 5.69 Å². The molecule has 0 saturated carbocycles. The van der Waals surface area contributed by atoms with E-state index in [1.54, 1.807) is 0 Å². The highest BCUT2D eigenvalue weighted by atomic mass is 79.9. The smallest absolute Gasteiger partial charge is 0.217 e. The average molecular weight is 290 g/mol. The standard InChI is InChI=1S/C8H4BrF2N3.C2H6/c9-8-12-4-14(13-8)5-1-2-6(10)7(11)3-5;1-2/h1-4H;1-2H3. The summed E-state index contributed by atoms with van der Waals surface area (Å²) < 4.78 is 27.1. The van der Waals surface area contributed by atoms with Crippen molar-refractivity contribution in [1.29, 1.82) is 0 Å². The average Bonchev–Trinajstić information content (AvgIpc) is 2.72. The van der Waals surface area contributed by atoms with Crippen LogP contribution >= 0.6 is 15.9 Å². The molecule has 0 unspecified atom stereocenters. The molecule has 1 heterocycles. The van der Waals surface area contributed by atoms with Gasteiger partial charge in [-0.1, -0.05) is 13.8 Å². The Morgan fingerprint density at radius 1 is 1.19 bits per heavy atom. The highest BCUT2D eigenvalue weighted by Crippen LogP contribution is 2.12. The largest absolute Gasteiger partial charge is 0.220 e. The van der Waals surface area contributed by atoms with Gasteiger partial charge in [-0.2, -0.15) is 0 Å². The van der Waals surface area contributed by atoms with Crippen LogP contribution in [0, 0.1) is 11.6 Å². The van der Waals surface area contributed by atoms with Gasteiger partial charge < -0.3 is 0 Å². The van der Waals surface area contributed by atoms with Crippen molar-refractivity contribution in [3.63, 3.8) is 0 Å². The van der Waals surface area contributed by atoms with Gasteiger partial charge in [-0.15, -0.1) is 5.10 Å². The Kier molecular flexibility index (Phi) is 4.54. The first-order chi connectivity index (χ1) is 7.66. The van der Waals surface area contributed by atoms with Gasteiger partial charge in [0.2, 0.25) is 4.73 Å². The van der Waals surface area contributed by atoms with Crippen molar-refractivity contribution in [1.82, 2.24) is 14.8 Å². The van der Waals surface area contributed by atoms with Gasteiger partial charge in [-0.05, 0) is 28.1 Å². The number of hydrogen-bond acceptors (Lipinski definition) is 2. The monoisotopic (exact) mass is 289 g/mol. The summed E-state index contributed by atoms with van der Waals surface area (Å²) in [6, 6.07) is 3.51. The minimum atomic E-state index is -0.908.